The lowest BCUT2D eigenvalue weighted by molar-refractivity contribution is 1.44. The van der Waals surface area contributed by atoms with Gasteiger partial charge in [-0.1, -0.05) is 23.8 Å². The fourth-order valence-electron chi connectivity index (χ4n) is 1.13. The second kappa shape index (κ2) is 4.20. The van der Waals surface area contributed by atoms with Crippen molar-refractivity contribution in [2.24, 2.45) is 4.99 Å². The van der Waals surface area contributed by atoms with Crippen LogP contribution in [0.3, 0.4) is 0 Å². The van der Waals surface area contributed by atoms with Crippen molar-refractivity contribution in [2.75, 3.05) is 0 Å². The molecule has 0 fully saturated rings. The average molecular weight is 201 g/mol. The van der Waals surface area contributed by atoms with Crippen LogP contribution in [0.25, 0.3) is 0 Å². The van der Waals surface area contributed by atoms with Gasteiger partial charge in [0, 0.05) is 11.1 Å². The summed E-state index contributed by atoms with van der Waals surface area (Å²) >= 11 is 1.70. The maximum Gasteiger partial charge on any atom is 0.0630 e. The molecule has 0 saturated carbocycles. The molecular formula is C12H11NS. The molecule has 0 aliphatic heterocycles. The van der Waals surface area contributed by atoms with E-state index in [1.54, 1.807) is 11.3 Å². The Morgan fingerprint density at radius 2 is 1.93 bits per heavy atom. The van der Waals surface area contributed by atoms with E-state index in [9.17, 15) is 0 Å². The van der Waals surface area contributed by atoms with Crippen LogP contribution in [0.15, 0.2) is 46.8 Å². The van der Waals surface area contributed by atoms with Crippen molar-refractivity contribution in [2.45, 2.75) is 6.92 Å². The van der Waals surface area contributed by atoms with Crippen molar-refractivity contribution in [3.63, 3.8) is 0 Å². The van der Waals surface area contributed by atoms with E-state index in [0.717, 1.165) is 5.69 Å². The normalized spacial score (nSPS) is 10.9. The molecule has 0 spiro atoms. The molecule has 2 rings (SSSR count). The van der Waals surface area contributed by atoms with Gasteiger partial charge < -0.3 is 0 Å². The highest BCUT2D eigenvalue weighted by Crippen LogP contribution is 2.13. The number of thiophene rings is 1. The quantitative estimate of drug-likeness (QED) is 0.655. The molecule has 0 N–H and O–H groups in total. The molecule has 14 heavy (non-hydrogen) atoms. The van der Waals surface area contributed by atoms with Gasteiger partial charge in [0.05, 0.1) is 5.69 Å². The van der Waals surface area contributed by atoms with Crippen LogP contribution in [-0.2, 0) is 0 Å². The highest BCUT2D eigenvalue weighted by atomic mass is 32.1. The summed E-state index contributed by atoms with van der Waals surface area (Å²) < 4.78 is 0. The molecule has 70 valence electrons. The summed E-state index contributed by atoms with van der Waals surface area (Å²) in [7, 11) is 0. The van der Waals surface area contributed by atoms with Crippen LogP contribution in [0, 0.1) is 6.92 Å². The van der Waals surface area contributed by atoms with Crippen LogP contribution in [0.5, 0.6) is 0 Å². The van der Waals surface area contributed by atoms with E-state index in [1.807, 2.05) is 24.4 Å². The minimum absolute atomic E-state index is 1.00. The number of nitrogens with zero attached hydrogens (tertiary/aromatic N) is 1. The first-order valence-electron chi connectivity index (χ1n) is 4.49. The van der Waals surface area contributed by atoms with E-state index in [0.29, 0.717) is 0 Å². The lowest BCUT2D eigenvalue weighted by atomic mass is 10.2. The minimum Gasteiger partial charge on any atom is -0.255 e. The van der Waals surface area contributed by atoms with Crippen LogP contribution in [0.2, 0.25) is 0 Å². The first kappa shape index (κ1) is 9.16. The fourth-order valence-corrected chi connectivity index (χ4v) is 1.72. The highest BCUT2D eigenvalue weighted by molar-refractivity contribution is 7.11. The molecule has 0 radical (unpaired) electrons. The Balaban J connectivity index is 2.15. The molecule has 0 bridgehead atoms. The summed E-state index contributed by atoms with van der Waals surface area (Å²) in [6.07, 6.45) is 1.90. The Labute approximate surface area is 87.8 Å². The molecule has 1 heterocycles. The predicted octanol–water partition coefficient (Wildman–Crippen LogP) is 3.81. The van der Waals surface area contributed by atoms with E-state index >= 15 is 0 Å². The van der Waals surface area contributed by atoms with Gasteiger partial charge in [-0.15, -0.1) is 11.3 Å². The molecule has 0 saturated heterocycles. The number of aryl methyl sites for hydroxylation is 1. The highest BCUT2D eigenvalue weighted by Gasteiger charge is 1.89. The average Bonchev–Trinajstić information content (AvgIpc) is 2.70. The fraction of sp³-hybridized carbons (Fsp3) is 0.0833. The van der Waals surface area contributed by atoms with Gasteiger partial charge in [0.25, 0.3) is 0 Å². The second-order valence-corrected chi connectivity index (χ2v) is 4.09. The number of benzene rings is 1. The molecule has 2 aromatic rings. The van der Waals surface area contributed by atoms with E-state index in [2.05, 4.69) is 35.5 Å². The predicted molar refractivity (Wildman–Crippen MR) is 62.8 cm³/mol. The number of hydrogen-bond acceptors (Lipinski definition) is 2. The lowest BCUT2D eigenvalue weighted by Crippen LogP contribution is -1.72. The minimum atomic E-state index is 1.00. The Morgan fingerprint density at radius 3 is 2.57 bits per heavy atom. The Kier molecular flexibility index (Phi) is 2.75. The van der Waals surface area contributed by atoms with Crippen molar-refractivity contribution in [1.82, 2.24) is 0 Å². The lowest BCUT2D eigenvalue weighted by Gasteiger charge is -1.93. The first-order valence-corrected chi connectivity index (χ1v) is 5.37. The summed E-state index contributed by atoms with van der Waals surface area (Å²) in [6.45, 7) is 2.08. The molecule has 1 nitrogen and oxygen atoms in total. The van der Waals surface area contributed by atoms with E-state index in [-0.39, 0.29) is 0 Å². The summed E-state index contributed by atoms with van der Waals surface area (Å²) in [4.78, 5) is 5.56. The van der Waals surface area contributed by atoms with Crippen molar-refractivity contribution in [3.05, 3.63) is 52.2 Å². The molecule has 0 aliphatic carbocycles. The van der Waals surface area contributed by atoms with Crippen LogP contribution in [0.1, 0.15) is 10.4 Å². The van der Waals surface area contributed by atoms with Crippen LogP contribution < -0.4 is 0 Å². The van der Waals surface area contributed by atoms with Gasteiger partial charge in [-0.05, 0) is 30.5 Å². The number of rotatable bonds is 2. The van der Waals surface area contributed by atoms with Crippen molar-refractivity contribution in [1.29, 1.82) is 0 Å². The summed E-state index contributed by atoms with van der Waals surface area (Å²) in [5, 5.41) is 2.05. The summed E-state index contributed by atoms with van der Waals surface area (Å²) in [6, 6.07) is 12.3. The SMILES string of the molecule is Cc1ccc(N=Cc2cccs2)cc1. The van der Waals surface area contributed by atoms with E-state index < -0.39 is 0 Å². The maximum absolute atomic E-state index is 4.38. The van der Waals surface area contributed by atoms with Crippen molar-refractivity contribution >= 4 is 23.2 Å². The van der Waals surface area contributed by atoms with Crippen molar-refractivity contribution in [3.8, 4) is 0 Å². The third kappa shape index (κ3) is 2.30. The summed E-state index contributed by atoms with van der Waals surface area (Å²) in [5.74, 6) is 0. The van der Waals surface area contributed by atoms with Crippen LogP contribution in [0.4, 0.5) is 5.69 Å². The molecular weight excluding hydrogens is 190 g/mol. The second-order valence-electron chi connectivity index (χ2n) is 3.11. The third-order valence-corrected chi connectivity index (χ3v) is 2.72. The number of hydrogen-bond donors (Lipinski definition) is 0. The zero-order valence-corrected chi connectivity index (χ0v) is 8.79. The number of aliphatic imine (C=N–C) groups is 1. The van der Waals surface area contributed by atoms with Gasteiger partial charge in [0.2, 0.25) is 0 Å². The van der Waals surface area contributed by atoms with Gasteiger partial charge in [-0.2, -0.15) is 0 Å². The maximum atomic E-state index is 4.38. The van der Waals surface area contributed by atoms with E-state index in [1.165, 1.54) is 10.4 Å². The van der Waals surface area contributed by atoms with Crippen molar-refractivity contribution < 1.29 is 0 Å². The van der Waals surface area contributed by atoms with Crippen LogP contribution >= 0.6 is 11.3 Å². The smallest absolute Gasteiger partial charge is 0.0630 e. The standard InChI is InChI=1S/C12H11NS/c1-10-4-6-11(7-5-10)13-9-12-3-2-8-14-12/h2-9H,1H3. The third-order valence-electron chi connectivity index (χ3n) is 1.92. The summed E-state index contributed by atoms with van der Waals surface area (Å²) in [5.41, 5.74) is 2.27. The van der Waals surface area contributed by atoms with Gasteiger partial charge >= 0.3 is 0 Å². The zero-order chi connectivity index (χ0) is 9.80. The van der Waals surface area contributed by atoms with E-state index in [4.69, 9.17) is 0 Å². The Hall–Kier alpha value is -1.41. The van der Waals surface area contributed by atoms with Gasteiger partial charge in [-0.3, -0.25) is 4.99 Å². The first-order chi connectivity index (χ1) is 6.84. The molecule has 2 heteroatoms. The zero-order valence-electron chi connectivity index (χ0n) is 7.97. The largest absolute Gasteiger partial charge is 0.255 e. The molecule has 1 aromatic carbocycles. The molecule has 0 unspecified atom stereocenters. The van der Waals surface area contributed by atoms with Gasteiger partial charge in [0.15, 0.2) is 0 Å². The topological polar surface area (TPSA) is 12.4 Å². The molecule has 0 atom stereocenters. The van der Waals surface area contributed by atoms with Gasteiger partial charge in [-0.25, -0.2) is 0 Å². The molecule has 0 aliphatic rings. The Morgan fingerprint density at radius 1 is 1.14 bits per heavy atom. The van der Waals surface area contributed by atoms with Gasteiger partial charge in [0.1, 0.15) is 0 Å². The monoisotopic (exact) mass is 201 g/mol. The molecule has 0 amide bonds. The van der Waals surface area contributed by atoms with Crippen LogP contribution in [-0.4, -0.2) is 6.21 Å². The molecule has 1 aromatic heterocycles. The Bertz CT molecular complexity index is 412.